The van der Waals surface area contributed by atoms with E-state index in [0.717, 1.165) is 12.7 Å². The molecule has 0 heterocycles. The van der Waals surface area contributed by atoms with Crippen LogP contribution in [0.25, 0.3) is 0 Å². The average molecular weight is 411 g/mol. The molecule has 1 rings (SSSR count). The first-order valence-electron chi connectivity index (χ1n) is 8.93. The average Bonchev–Trinajstić information content (AvgIpc) is 2.60. The molecular weight excluding hydrogens is 376 g/mol. The Morgan fingerprint density at radius 2 is 1.19 bits per heavy atom. The Hall–Kier alpha value is -0.960. The van der Waals surface area contributed by atoms with Gasteiger partial charge in [0.2, 0.25) is 0 Å². The van der Waals surface area contributed by atoms with Gasteiger partial charge < -0.3 is 0 Å². The fourth-order valence-corrected chi connectivity index (χ4v) is 2.92. The summed E-state index contributed by atoms with van der Waals surface area (Å²) >= 11 is 0. The molecule has 0 fully saturated rings. The molecule has 0 radical (unpaired) electrons. The number of hydrogen-bond donors (Lipinski definition) is 0. The van der Waals surface area contributed by atoms with Gasteiger partial charge in [0.15, 0.2) is 0 Å². The lowest BCUT2D eigenvalue weighted by atomic mass is 10.3. The summed E-state index contributed by atoms with van der Waals surface area (Å²) in [4.78, 5) is 0.212. The highest BCUT2D eigenvalue weighted by Crippen LogP contribution is 2.10. The van der Waals surface area contributed by atoms with Crippen molar-refractivity contribution < 1.29 is 25.2 Å². The number of benzene rings is 1. The highest BCUT2D eigenvalue weighted by Gasteiger charge is 2.12. The molecule has 0 aliphatic carbocycles. The molecule has 0 unspecified atom stereocenters. The highest BCUT2D eigenvalue weighted by molar-refractivity contribution is 7.86. The Morgan fingerprint density at radius 3 is 1.50 bits per heavy atom. The van der Waals surface area contributed by atoms with E-state index in [9.17, 15) is 16.8 Å². The SMILES string of the molecule is CCCCC.CCCOS(=O)(=O)c1ccccc1.CCCOS(C)(=O)=O. The molecule has 0 saturated heterocycles. The number of hydrogen-bond acceptors (Lipinski definition) is 6. The lowest BCUT2D eigenvalue weighted by Crippen LogP contribution is -2.06. The molecule has 0 spiro atoms. The minimum Gasteiger partial charge on any atom is -0.270 e. The molecule has 0 aliphatic heterocycles. The van der Waals surface area contributed by atoms with E-state index in [2.05, 4.69) is 18.0 Å². The van der Waals surface area contributed by atoms with Crippen molar-refractivity contribution in [2.75, 3.05) is 19.5 Å². The van der Waals surface area contributed by atoms with Crippen LogP contribution in [0.4, 0.5) is 0 Å². The Bertz CT molecular complexity index is 623. The summed E-state index contributed by atoms with van der Waals surface area (Å²) < 4.78 is 52.2. The zero-order chi connectivity index (χ0) is 20.5. The molecule has 1 aromatic carbocycles. The second-order valence-electron chi connectivity index (χ2n) is 5.47. The van der Waals surface area contributed by atoms with E-state index >= 15 is 0 Å². The van der Waals surface area contributed by atoms with E-state index in [1.165, 1.54) is 31.4 Å². The molecule has 154 valence electrons. The summed E-state index contributed by atoms with van der Waals surface area (Å²) in [6.45, 7) is 8.66. The van der Waals surface area contributed by atoms with Crippen LogP contribution >= 0.6 is 0 Å². The van der Waals surface area contributed by atoms with Crippen LogP contribution in [0.1, 0.15) is 59.8 Å². The monoisotopic (exact) mass is 410 g/mol. The van der Waals surface area contributed by atoms with Crippen molar-refractivity contribution in [2.45, 2.75) is 64.7 Å². The van der Waals surface area contributed by atoms with Crippen molar-refractivity contribution in [2.24, 2.45) is 0 Å². The molecule has 1 aromatic rings. The summed E-state index contributed by atoms with van der Waals surface area (Å²) in [5.41, 5.74) is 0. The summed E-state index contributed by atoms with van der Waals surface area (Å²) in [5, 5.41) is 0. The molecule has 26 heavy (non-hydrogen) atoms. The standard InChI is InChI=1S/C9H12O3S.C5H12.C4H10O3S/c1-2-8-12-13(10,11)9-6-4-3-5-7-9;1-3-5-4-2;1-3-4-7-8(2,5)6/h3-7H,2,8H2,1H3;3-5H2,1-2H3;3-4H2,1-2H3. The Kier molecular flexibility index (Phi) is 17.0. The number of unbranched alkanes of at least 4 members (excludes halogenated alkanes) is 2. The van der Waals surface area contributed by atoms with Crippen LogP contribution in [0.5, 0.6) is 0 Å². The minimum atomic E-state index is -3.52. The van der Waals surface area contributed by atoms with E-state index in [1.54, 1.807) is 18.2 Å². The first-order valence-corrected chi connectivity index (χ1v) is 12.2. The van der Waals surface area contributed by atoms with Crippen molar-refractivity contribution in [1.82, 2.24) is 0 Å². The third kappa shape index (κ3) is 17.8. The maximum Gasteiger partial charge on any atom is 0.296 e. The predicted octanol–water partition coefficient (Wildman–Crippen LogP) is 4.37. The summed E-state index contributed by atoms with van der Waals surface area (Å²) in [5.74, 6) is 0. The van der Waals surface area contributed by atoms with Crippen LogP contribution in [-0.4, -0.2) is 36.3 Å². The molecule has 0 atom stereocenters. The van der Waals surface area contributed by atoms with E-state index in [-0.39, 0.29) is 11.5 Å². The Morgan fingerprint density at radius 1 is 0.731 bits per heavy atom. The van der Waals surface area contributed by atoms with E-state index < -0.39 is 20.2 Å². The highest BCUT2D eigenvalue weighted by atomic mass is 32.2. The Balaban J connectivity index is 0. The quantitative estimate of drug-likeness (QED) is 0.562. The maximum atomic E-state index is 11.4. The van der Waals surface area contributed by atoms with Crippen molar-refractivity contribution in [3.05, 3.63) is 30.3 Å². The minimum absolute atomic E-state index is 0.212. The van der Waals surface area contributed by atoms with Crippen LogP contribution in [0.3, 0.4) is 0 Å². The molecule has 0 N–H and O–H groups in total. The van der Waals surface area contributed by atoms with Gasteiger partial charge in [-0.25, -0.2) is 0 Å². The van der Waals surface area contributed by atoms with Crippen molar-refractivity contribution in [3.63, 3.8) is 0 Å². The van der Waals surface area contributed by atoms with Gasteiger partial charge in [0.25, 0.3) is 20.2 Å². The van der Waals surface area contributed by atoms with Crippen LogP contribution in [0.15, 0.2) is 35.2 Å². The van der Waals surface area contributed by atoms with Gasteiger partial charge in [-0.05, 0) is 25.0 Å². The first kappa shape index (κ1) is 27.3. The predicted molar refractivity (Wildman–Crippen MR) is 106 cm³/mol. The molecule has 0 aromatic heterocycles. The van der Waals surface area contributed by atoms with Crippen LogP contribution in [-0.2, 0) is 28.6 Å². The third-order valence-corrected chi connectivity index (χ3v) is 4.60. The van der Waals surface area contributed by atoms with Crippen molar-refractivity contribution >= 4 is 20.2 Å². The fourth-order valence-electron chi connectivity index (χ4n) is 1.44. The molecule has 0 bridgehead atoms. The second-order valence-corrected chi connectivity index (χ2v) is 8.73. The molecule has 0 saturated carbocycles. The molecular formula is C18H34O6S2. The Labute approximate surface area is 160 Å². The van der Waals surface area contributed by atoms with E-state index in [4.69, 9.17) is 4.18 Å². The van der Waals surface area contributed by atoms with Crippen LogP contribution in [0.2, 0.25) is 0 Å². The zero-order valence-corrected chi connectivity index (χ0v) is 18.2. The summed E-state index contributed by atoms with van der Waals surface area (Å²) in [7, 11) is -6.71. The van der Waals surface area contributed by atoms with Gasteiger partial charge in [-0.2, -0.15) is 16.8 Å². The first-order chi connectivity index (χ1) is 12.1. The lowest BCUT2D eigenvalue weighted by molar-refractivity contribution is 0.318. The molecule has 0 amide bonds. The van der Waals surface area contributed by atoms with Gasteiger partial charge in [0.1, 0.15) is 0 Å². The van der Waals surface area contributed by atoms with Gasteiger partial charge in [-0.3, -0.25) is 8.37 Å². The summed E-state index contributed by atoms with van der Waals surface area (Å²) in [6, 6.07) is 8.14. The van der Waals surface area contributed by atoms with Crippen molar-refractivity contribution in [3.8, 4) is 0 Å². The number of rotatable bonds is 9. The third-order valence-electron chi connectivity index (χ3n) is 2.68. The summed E-state index contributed by atoms with van der Waals surface area (Å²) in [6.07, 6.45) is 6.54. The fraction of sp³-hybridized carbons (Fsp3) is 0.667. The normalized spacial score (nSPS) is 11.0. The van der Waals surface area contributed by atoms with Gasteiger partial charge in [-0.1, -0.05) is 65.2 Å². The van der Waals surface area contributed by atoms with E-state index in [1.807, 2.05) is 13.8 Å². The van der Waals surface area contributed by atoms with Gasteiger partial charge in [0.05, 0.1) is 24.4 Å². The van der Waals surface area contributed by atoms with Gasteiger partial charge in [0, 0.05) is 0 Å². The zero-order valence-electron chi connectivity index (χ0n) is 16.6. The second kappa shape index (κ2) is 16.2. The van der Waals surface area contributed by atoms with Crippen molar-refractivity contribution in [1.29, 1.82) is 0 Å². The maximum absolute atomic E-state index is 11.4. The van der Waals surface area contributed by atoms with E-state index in [0.29, 0.717) is 13.0 Å². The van der Waals surface area contributed by atoms with Crippen LogP contribution < -0.4 is 0 Å². The van der Waals surface area contributed by atoms with Gasteiger partial charge in [-0.15, -0.1) is 0 Å². The molecule has 0 aliphatic rings. The molecule has 6 nitrogen and oxygen atoms in total. The largest absolute Gasteiger partial charge is 0.296 e. The lowest BCUT2D eigenvalue weighted by Gasteiger charge is -2.02. The smallest absolute Gasteiger partial charge is 0.270 e. The van der Waals surface area contributed by atoms with Crippen LogP contribution in [0, 0.1) is 0 Å². The van der Waals surface area contributed by atoms with Gasteiger partial charge >= 0.3 is 0 Å². The molecule has 8 heteroatoms. The topological polar surface area (TPSA) is 86.7 Å².